The Morgan fingerprint density at radius 2 is 2.00 bits per heavy atom. The Kier molecular flexibility index (Phi) is 2.63. The summed E-state index contributed by atoms with van der Waals surface area (Å²) in [6, 6.07) is 6.77. The molecule has 0 spiro atoms. The lowest BCUT2D eigenvalue weighted by molar-refractivity contribution is -0.0441. The maximum atomic E-state index is 9.43. The Bertz CT molecular complexity index is 567. The van der Waals surface area contributed by atoms with Gasteiger partial charge in [-0.25, -0.2) is 4.98 Å². The number of hydrogen-bond donors (Lipinski definition) is 1. The second-order valence-corrected chi connectivity index (χ2v) is 4.18. The van der Waals surface area contributed by atoms with Crippen LogP contribution in [0.4, 0.5) is 0 Å². The lowest BCUT2D eigenvalue weighted by Gasteiger charge is -2.11. The van der Waals surface area contributed by atoms with Gasteiger partial charge < -0.3 is 14.6 Å². The summed E-state index contributed by atoms with van der Waals surface area (Å²) in [6.45, 7) is 1.11. The van der Waals surface area contributed by atoms with Crippen molar-refractivity contribution in [2.45, 2.75) is 6.29 Å². The fraction of sp³-hybridized carbons (Fsp3) is 0.250. The van der Waals surface area contributed by atoms with E-state index < -0.39 is 6.29 Å². The summed E-state index contributed by atoms with van der Waals surface area (Å²) < 4.78 is 10.8. The average Bonchev–Trinajstić information content (AvgIpc) is 2.82. The number of phenolic OH excluding ortho intramolecular Hbond substituents is 1. The fourth-order valence-corrected chi connectivity index (χ4v) is 2.09. The van der Waals surface area contributed by atoms with Gasteiger partial charge in [-0.15, -0.1) is 0 Å². The fourth-order valence-electron chi connectivity index (χ4n) is 1.86. The van der Waals surface area contributed by atoms with Gasteiger partial charge in [-0.3, -0.25) is 0 Å². The molecule has 0 bridgehead atoms. The maximum Gasteiger partial charge on any atom is 0.187 e. The number of hydrogen-bond acceptors (Lipinski definition) is 4. The molecule has 4 nitrogen and oxygen atoms in total. The van der Waals surface area contributed by atoms with E-state index in [0.29, 0.717) is 23.9 Å². The zero-order valence-electron chi connectivity index (χ0n) is 8.89. The van der Waals surface area contributed by atoms with Crippen LogP contribution in [0, 0.1) is 0 Å². The van der Waals surface area contributed by atoms with Gasteiger partial charge in [0.05, 0.1) is 18.7 Å². The topological polar surface area (TPSA) is 51.6 Å². The molecule has 2 aromatic rings. The summed E-state index contributed by atoms with van der Waals surface area (Å²) >= 11 is 6.09. The van der Waals surface area contributed by atoms with E-state index in [4.69, 9.17) is 21.1 Å². The van der Waals surface area contributed by atoms with Crippen molar-refractivity contribution in [1.82, 2.24) is 4.98 Å². The number of benzene rings is 1. The second-order valence-electron chi connectivity index (χ2n) is 3.82. The van der Waals surface area contributed by atoms with E-state index in [0.717, 1.165) is 10.9 Å². The van der Waals surface area contributed by atoms with Crippen LogP contribution in [0.3, 0.4) is 0 Å². The monoisotopic (exact) mass is 251 g/mol. The normalized spacial score (nSPS) is 16.8. The lowest BCUT2D eigenvalue weighted by Crippen LogP contribution is -2.00. The highest BCUT2D eigenvalue weighted by Crippen LogP contribution is 2.31. The summed E-state index contributed by atoms with van der Waals surface area (Å²) in [5.41, 5.74) is 1.43. The number of nitrogens with zero attached hydrogens (tertiary/aromatic N) is 1. The van der Waals surface area contributed by atoms with Crippen molar-refractivity contribution in [3.05, 3.63) is 35.0 Å². The van der Waals surface area contributed by atoms with Crippen LogP contribution < -0.4 is 0 Å². The molecule has 88 valence electrons. The molecule has 3 rings (SSSR count). The molecule has 0 saturated carbocycles. The highest BCUT2D eigenvalue weighted by molar-refractivity contribution is 6.30. The third kappa shape index (κ3) is 1.95. The first-order valence-corrected chi connectivity index (χ1v) is 5.64. The van der Waals surface area contributed by atoms with Gasteiger partial charge in [-0.1, -0.05) is 11.6 Å². The van der Waals surface area contributed by atoms with Crippen LogP contribution in [0.2, 0.25) is 5.15 Å². The number of rotatable bonds is 1. The van der Waals surface area contributed by atoms with Crippen LogP contribution in [0.15, 0.2) is 24.3 Å². The minimum Gasteiger partial charge on any atom is -0.508 e. The SMILES string of the molecule is Oc1ccc2nc(Cl)c(C3OCCO3)cc2c1. The van der Waals surface area contributed by atoms with Crippen LogP contribution in [0.1, 0.15) is 11.9 Å². The highest BCUT2D eigenvalue weighted by Gasteiger charge is 2.22. The smallest absolute Gasteiger partial charge is 0.187 e. The van der Waals surface area contributed by atoms with E-state index in [1.807, 2.05) is 6.07 Å². The molecule has 0 unspecified atom stereocenters. The molecular formula is C12H10ClNO3. The molecular weight excluding hydrogens is 242 g/mol. The van der Waals surface area contributed by atoms with Crippen molar-refractivity contribution in [3.8, 4) is 5.75 Å². The van der Waals surface area contributed by atoms with Crippen molar-refractivity contribution in [2.75, 3.05) is 13.2 Å². The van der Waals surface area contributed by atoms with Crippen molar-refractivity contribution in [1.29, 1.82) is 0 Å². The maximum absolute atomic E-state index is 9.43. The van der Waals surface area contributed by atoms with Gasteiger partial charge in [-0.2, -0.15) is 0 Å². The molecule has 0 aliphatic carbocycles. The summed E-state index contributed by atoms with van der Waals surface area (Å²) in [6.07, 6.45) is -0.457. The molecule has 0 radical (unpaired) electrons. The number of fused-ring (bicyclic) bond motifs is 1. The Morgan fingerprint density at radius 1 is 1.24 bits per heavy atom. The van der Waals surface area contributed by atoms with Crippen molar-refractivity contribution < 1.29 is 14.6 Å². The molecule has 1 aliphatic heterocycles. The van der Waals surface area contributed by atoms with Crippen LogP contribution >= 0.6 is 11.6 Å². The lowest BCUT2D eigenvalue weighted by atomic mass is 10.1. The van der Waals surface area contributed by atoms with Crippen LogP contribution in [-0.2, 0) is 9.47 Å². The van der Waals surface area contributed by atoms with Crippen molar-refractivity contribution in [3.63, 3.8) is 0 Å². The largest absolute Gasteiger partial charge is 0.508 e. The standard InChI is InChI=1S/C12H10ClNO3/c13-11-9(12-16-3-4-17-12)6-7-5-8(15)1-2-10(7)14-11/h1-2,5-6,12,15H,3-4H2. The predicted molar refractivity (Wildman–Crippen MR) is 63.1 cm³/mol. The third-order valence-corrected chi connectivity index (χ3v) is 2.96. The molecule has 0 amide bonds. The van der Waals surface area contributed by atoms with Gasteiger partial charge in [-0.05, 0) is 24.3 Å². The molecule has 1 fully saturated rings. The predicted octanol–water partition coefficient (Wildman–Crippen LogP) is 2.64. The molecule has 2 heterocycles. The van der Waals surface area contributed by atoms with Crippen LogP contribution in [-0.4, -0.2) is 23.3 Å². The molecule has 17 heavy (non-hydrogen) atoms. The number of aromatic hydroxyl groups is 1. The number of phenols is 1. The number of aromatic nitrogens is 1. The third-order valence-electron chi connectivity index (χ3n) is 2.65. The molecule has 1 aromatic heterocycles. The first kappa shape index (κ1) is 10.8. The summed E-state index contributed by atoms with van der Waals surface area (Å²) in [5, 5.41) is 10.6. The highest BCUT2D eigenvalue weighted by atomic mass is 35.5. The van der Waals surface area contributed by atoms with E-state index in [-0.39, 0.29) is 5.75 Å². The van der Waals surface area contributed by atoms with Crippen molar-refractivity contribution >= 4 is 22.5 Å². The minimum absolute atomic E-state index is 0.195. The molecule has 0 atom stereocenters. The van der Waals surface area contributed by atoms with Gasteiger partial charge in [0.25, 0.3) is 0 Å². The number of ether oxygens (including phenoxy) is 2. The first-order valence-electron chi connectivity index (χ1n) is 5.26. The van der Waals surface area contributed by atoms with Gasteiger partial charge in [0.2, 0.25) is 0 Å². The Hall–Kier alpha value is -1.36. The van der Waals surface area contributed by atoms with E-state index in [9.17, 15) is 5.11 Å². The quantitative estimate of drug-likeness (QED) is 0.792. The van der Waals surface area contributed by atoms with E-state index >= 15 is 0 Å². The van der Waals surface area contributed by atoms with Crippen molar-refractivity contribution in [2.24, 2.45) is 0 Å². The van der Waals surface area contributed by atoms with Gasteiger partial charge in [0, 0.05) is 10.9 Å². The van der Waals surface area contributed by atoms with E-state index in [1.54, 1.807) is 18.2 Å². The number of halogens is 1. The molecule has 1 aliphatic rings. The molecule has 1 aromatic carbocycles. The summed E-state index contributed by atoms with van der Waals surface area (Å²) in [7, 11) is 0. The Morgan fingerprint density at radius 3 is 2.76 bits per heavy atom. The van der Waals surface area contributed by atoms with Gasteiger partial charge in [0.1, 0.15) is 10.9 Å². The summed E-state index contributed by atoms with van der Waals surface area (Å²) in [4.78, 5) is 4.26. The van der Waals surface area contributed by atoms with Crippen LogP contribution in [0.25, 0.3) is 10.9 Å². The first-order chi connectivity index (χ1) is 8.24. The van der Waals surface area contributed by atoms with Gasteiger partial charge in [0.15, 0.2) is 6.29 Å². The second kappa shape index (κ2) is 4.14. The van der Waals surface area contributed by atoms with Crippen LogP contribution in [0.5, 0.6) is 5.75 Å². The Labute approximate surface area is 103 Å². The summed E-state index contributed by atoms with van der Waals surface area (Å²) in [5.74, 6) is 0.195. The Balaban J connectivity index is 2.14. The molecule has 1 saturated heterocycles. The van der Waals surface area contributed by atoms with E-state index in [2.05, 4.69) is 4.98 Å². The zero-order valence-corrected chi connectivity index (χ0v) is 9.65. The molecule has 1 N–H and O–H groups in total. The molecule has 5 heteroatoms. The zero-order chi connectivity index (χ0) is 11.8. The number of pyridine rings is 1. The average molecular weight is 252 g/mol. The van der Waals surface area contributed by atoms with E-state index in [1.165, 1.54) is 0 Å². The van der Waals surface area contributed by atoms with Gasteiger partial charge >= 0.3 is 0 Å². The minimum atomic E-state index is -0.457.